The topological polar surface area (TPSA) is 69.0 Å². The van der Waals surface area contributed by atoms with Gasteiger partial charge in [-0.3, -0.25) is 4.79 Å². The van der Waals surface area contributed by atoms with Gasteiger partial charge in [-0.2, -0.15) is 8.78 Å². The van der Waals surface area contributed by atoms with Crippen molar-refractivity contribution in [1.29, 1.82) is 0 Å². The summed E-state index contributed by atoms with van der Waals surface area (Å²) in [6.45, 7) is -2.42. The quantitative estimate of drug-likeness (QED) is 0.338. The van der Waals surface area contributed by atoms with Crippen molar-refractivity contribution in [3.63, 3.8) is 0 Å². The number of aromatic nitrogens is 3. The summed E-state index contributed by atoms with van der Waals surface area (Å²) in [5, 5.41) is 12.4. The molecular formula is C21H26F2N4O2S. The van der Waals surface area contributed by atoms with Gasteiger partial charge in [0.25, 0.3) is 0 Å². The van der Waals surface area contributed by atoms with Gasteiger partial charge in [-0.15, -0.1) is 10.2 Å². The Morgan fingerprint density at radius 3 is 2.83 bits per heavy atom. The monoisotopic (exact) mass is 436 g/mol. The van der Waals surface area contributed by atoms with E-state index in [1.807, 2.05) is 6.26 Å². The molecule has 1 aromatic heterocycles. The first-order chi connectivity index (χ1) is 14.6. The number of amides is 1. The maximum absolute atomic E-state index is 12.5. The van der Waals surface area contributed by atoms with Gasteiger partial charge in [0.05, 0.1) is 0 Å². The minimum absolute atomic E-state index is 0.0346. The van der Waals surface area contributed by atoms with E-state index < -0.39 is 6.61 Å². The predicted octanol–water partition coefficient (Wildman–Crippen LogP) is 4.48. The minimum Gasteiger partial charge on any atom is -0.434 e. The fourth-order valence-corrected chi connectivity index (χ4v) is 4.22. The van der Waals surface area contributed by atoms with Crippen LogP contribution in [-0.2, 0) is 11.2 Å². The van der Waals surface area contributed by atoms with Gasteiger partial charge in [-0.25, -0.2) is 0 Å². The Balaban J connectivity index is 1.49. The Hall–Kier alpha value is -2.42. The Kier molecular flexibility index (Phi) is 8.24. The van der Waals surface area contributed by atoms with E-state index in [0.717, 1.165) is 36.7 Å². The third-order valence-electron chi connectivity index (χ3n) is 5.03. The van der Waals surface area contributed by atoms with E-state index in [1.165, 1.54) is 31.1 Å². The van der Waals surface area contributed by atoms with Gasteiger partial charge in [0.2, 0.25) is 5.91 Å². The fourth-order valence-electron chi connectivity index (χ4n) is 3.65. The number of hydrogen-bond acceptors (Lipinski definition) is 5. The standard InChI is InChI=1S/C21H26F2N4O2S/c1-30-21-26-25-18(27(21)16-8-3-4-9-16)11-6-14-24-19(28)13-12-15-7-2-5-10-17(15)29-20(22)23/h2,5,7,10,12-13,16,20H,3-4,6,8-9,11,14H2,1H3,(H,24,28). The average Bonchev–Trinajstić information content (AvgIpc) is 3.39. The number of nitrogens with one attached hydrogen (secondary N) is 1. The van der Waals surface area contributed by atoms with Gasteiger partial charge in [-0.05, 0) is 37.7 Å². The lowest BCUT2D eigenvalue weighted by atomic mass is 10.2. The van der Waals surface area contributed by atoms with Crippen LogP contribution in [0.15, 0.2) is 35.5 Å². The van der Waals surface area contributed by atoms with Gasteiger partial charge >= 0.3 is 6.61 Å². The molecule has 1 aromatic carbocycles. The summed E-state index contributed by atoms with van der Waals surface area (Å²) in [4.78, 5) is 12.1. The van der Waals surface area contributed by atoms with Crippen molar-refractivity contribution >= 4 is 23.7 Å². The highest BCUT2D eigenvalue weighted by Gasteiger charge is 2.23. The molecule has 1 aliphatic carbocycles. The number of rotatable bonds is 10. The number of hydrogen-bond donors (Lipinski definition) is 1. The van der Waals surface area contributed by atoms with E-state index in [2.05, 4.69) is 24.8 Å². The number of thioether (sulfide) groups is 1. The zero-order valence-electron chi connectivity index (χ0n) is 16.9. The van der Waals surface area contributed by atoms with Crippen LogP contribution in [0.5, 0.6) is 5.75 Å². The molecule has 3 rings (SSSR count). The lowest BCUT2D eigenvalue weighted by molar-refractivity contribution is -0.116. The number of benzene rings is 1. The van der Waals surface area contributed by atoms with Crippen LogP contribution in [0.2, 0.25) is 0 Å². The van der Waals surface area contributed by atoms with Crippen LogP contribution in [0.25, 0.3) is 6.08 Å². The highest BCUT2D eigenvalue weighted by molar-refractivity contribution is 7.98. The molecule has 1 saturated carbocycles. The smallest absolute Gasteiger partial charge is 0.387 e. The summed E-state index contributed by atoms with van der Waals surface area (Å²) in [6.07, 6.45) is 11.1. The molecule has 1 aliphatic rings. The molecule has 1 heterocycles. The Bertz CT molecular complexity index is 866. The highest BCUT2D eigenvalue weighted by atomic mass is 32.2. The number of nitrogens with zero attached hydrogens (tertiary/aromatic N) is 3. The molecule has 30 heavy (non-hydrogen) atoms. The Morgan fingerprint density at radius 2 is 2.10 bits per heavy atom. The lowest BCUT2D eigenvalue weighted by Crippen LogP contribution is -2.23. The van der Waals surface area contributed by atoms with Crippen LogP contribution in [-0.4, -0.2) is 40.1 Å². The second-order valence-corrected chi connectivity index (χ2v) is 7.83. The van der Waals surface area contributed by atoms with Crippen LogP contribution in [0.3, 0.4) is 0 Å². The number of carbonyl (C=O) groups excluding carboxylic acids is 1. The van der Waals surface area contributed by atoms with Crippen molar-refractivity contribution in [2.75, 3.05) is 12.8 Å². The van der Waals surface area contributed by atoms with Crippen molar-refractivity contribution in [2.45, 2.75) is 56.3 Å². The molecule has 1 fully saturated rings. The highest BCUT2D eigenvalue weighted by Crippen LogP contribution is 2.33. The molecule has 162 valence electrons. The first-order valence-electron chi connectivity index (χ1n) is 10.1. The van der Waals surface area contributed by atoms with Crippen LogP contribution in [0.4, 0.5) is 8.78 Å². The lowest BCUT2D eigenvalue weighted by Gasteiger charge is -2.16. The number of ether oxygens (including phenoxy) is 1. The zero-order chi connectivity index (χ0) is 21.3. The van der Waals surface area contributed by atoms with Gasteiger partial charge in [0, 0.05) is 30.6 Å². The second-order valence-electron chi connectivity index (χ2n) is 7.06. The SMILES string of the molecule is CSc1nnc(CCCNC(=O)C=Cc2ccccc2OC(F)F)n1C1CCCC1. The number of para-hydroxylation sites is 1. The normalized spacial score (nSPS) is 14.7. The molecule has 0 unspecified atom stereocenters. The summed E-state index contributed by atoms with van der Waals surface area (Å²) in [6, 6.07) is 6.82. The molecule has 0 aliphatic heterocycles. The third kappa shape index (κ3) is 6.04. The van der Waals surface area contributed by atoms with E-state index >= 15 is 0 Å². The average molecular weight is 437 g/mol. The number of aryl methyl sites for hydroxylation is 1. The molecule has 6 nitrogen and oxygen atoms in total. The number of halogens is 2. The van der Waals surface area contributed by atoms with Crippen molar-refractivity contribution in [2.24, 2.45) is 0 Å². The first kappa shape index (κ1) is 22.3. The summed E-state index contributed by atoms with van der Waals surface area (Å²) in [7, 11) is 0. The zero-order valence-corrected chi connectivity index (χ0v) is 17.7. The molecule has 1 amide bonds. The molecule has 0 bridgehead atoms. The Morgan fingerprint density at radius 1 is 1.33 bits per heavy atom. The summed E-state index contributed by atoms with van der Waals surface area (Å²) in [5.41, 5.74) is 0.419. The van der Waals surface area contributed by atoms with Gasteiger partial charge in [0.1, 0.15) is 11.6 Å². The third-order valence-corrected chi connectivity index (χ3v) is 5.68. The second kappa shape index (κ2) is 11.1. The maximum Gasteiger partial charge on any atom is 0.387 e. The maximum atomic E-state index is 12.5. The predicted molar refractivity (Wildman–Crippen MR) is 113 cm³/mol. The molecule has 0 spiro atoms. The van der Waals surface area contributed by atoms with Crippen molar-refractivity contribution in [3.05, 3.63) is 41.7 Å². The van der Waals surface area contributed by atoms with Crippen molar-refractivity contribution in [1.82, 2.24) is 20.1 Å². The van der Waals surface area contributed by atoms with Crippen molar-refractivity contribution in [3.8, 4) is 5.75 Å². The molecule has 0 saturated heterocycles. The summed E-state index contributed by atoms with van der Waals surface area (Å²) < 4.78 is 31.6. The largest absolute Gasteiger partial charge is 0.434 e. The molecule has 2 aromatic rings. The molecule has 9 heteroatoms. The van der Waals surface area contributed by atoms with E-state index in [-0.39, 0.29) is 11.7 Å². The van der Waals surface area contributed by atoms with Gasteiger partial charge in [0.15, 0.2) is 5.16 Å². The van der Waals surface area contributed by atoms with Crippen LogP contribution in [0.1, 0.15) is 49.5 Å². The Labute approximate surface area is 179 Å². The first-order valence-corrected chi connectivity index (χ1v) is 11.3. The van der Waals surface area contributed by atoms with E-state index in [4.69, 9.17) is 0 Å². The van der Waals surface area contributed by atoms with Crippen LogP contribution >= 0.6 is 11.8 Å². The molecule has 0 atom stereocenters. The van der Waals surface area contributed by atoms with Gasteiger partial charge in [-0.1, -0.05) is 42.8 Å². The van der Waals surface area contributed by atoms with Crippen molar-refractivity contribution < 1.29 is 18.3 Å². The van der Waals surface area contributed by atoms with Gasteiger partial charge < -0.3 is 14.6 Å². The van der Waals surface area contributed by atoms with E-state index in [0.29, 0.717) is 18.2 Å². The van der Waals surface area contributed by atoms with Crippen LogP contribution in [0, 0.1) is 0 Å². The van der Waals surface area contributed by atoms with E-state index in [9.17, 15) is 13.6 Å². The number of alkyl halides is 2. The molecule has 0 radical (unpaired) electrons. The summed E-state index contributed by atoms with van der Waals surface area (Å²) in [5.74, 6) is 0.713. The molecular weight excluding hydrogens is 410 g/mol. The fraction of sp³-hybridized carbons (Fsp3) is 0.476. The minimum atomic E-state index is -2.91. The summed E-state index contributed by atoms with van der Waals surface area (Å²) >= 11 is 1.61. The number of carbonyl (C=O) groups is 1. The van der Waals surface area contributed by atoms with E-state index in [1.54, 1.807) is 30.0 Å². The molecule has 1 N–H and O–H groups in total. The van der Waals surface area contributed by atoms with Crippen LogP contribution < -0.4 is 10.1 Å².